The highest BCUT2D eigenvalue weighted by atomic mass is 19.1. The fraction of sp³-hybridized carbons (Fsp3) is 0.600. The van der Waals surface area contributed by atoms with E-state index in [1.165, 1.54) is 6.07 Å². The molecule has 0 bridgehead atoms. The van der Waals surface area contributed by atoms with Gasteiger partial charge in [0.05, 0.1) is 18.4 Å². The van der Waals surface area contributed by atoms with E-state index in [1.807, 2.05) is 0 Å². The maximum atomic E-state index is 14.1. The second kappa shape index (κ2) is 6.35. The van der Waals surface area contributed by atoms with Crippen molar-refractivity contribution in [3.63, 3.8) is 0 Å². The van der Waals surface area contributed by atoms with Gasteiger partial charge in [-0.2, -0.15) is 0 Å². The smallest absolute Gasteiger partial charge is 0.146 e. The molecule has 4 heteroatoms. The first kappa shape index (κ1) is 14.3. The molecule has 3 nitrogen and oxygen atoms in total. The van der Waals surface area contributed by atoms with Crippen LogP contribution in [0.5, 0.6) is 0 Å². The summed E-state index contributed by atoms with van der Waals surface area (Å²) < 4.78 is 19.3. The predicted octanol–water partition coefficient (Wildman–Crippen LogP) is 2.74. The molecule has 1 aliphatic heterocycles. The summed E-state index contributed by atoms with van der Waals surface area (Å²) in [5.74, 6) is 0.214. The molecule has 0 aromatic heterocycles. The average Bonchev–Trinajstić information content (AvgIpc) is 2.39. The summed E-state index contributed by atoms with van der Waals surface area (Å²) in [7, 11) is 1.71. The number of benzene rings is 1. The van der Waals surface area contributed by atoms with Crippen LogP contribution in [0.4, 0.5) is 10.1 Å². The van der Waals surface area contributed by atoms with Gasteiger partial charge < -0.3 is 14.7 Å². The highest BCUT2D eigenvalue weighted by molar-refractivity contribution is 5.49. The van der Waals surface area contributed by atoms with Gasteiger partial charge in [0.2, 0.25) is 0 Å². The van der Waals surface area contributed by atoms with Crippen LogP contribution in [0.3, 0.4) is 0 Å². The second-order valence-electron chi connectivity index (χ2n) is 5.30. The van der Waals surface area contributed by atoms with E-state index in [1.54, 1.807) is 26.2 Å². The van der Waals surface area contributed by atoms with Gasteiger partial charge in [-0.25, -0.2) is 4.39 Å². The molecule has 1 N–H and O–H groups in total. The Morgan fingerprint density at radius 3 is 2.95 bits per heavy atom. The number of aliphatic hydroxyl groups excluding tert-OH is 1. The number of piperidine rings is 1. The quantitative estimate of drug-likeness (QED) is 0.910. The molecule has 1 saturated heterocycles. The van der Waals surface area contributed by atoms with Crippen LogP contribution >= 0.6 is 0 Å². The van der Waals surface area contributed by atoms with Crippen LogP contribution in [0.1, 0.15) is 31.4 Å². The number of nitrogens with zero attached hydrogens (tertiary/aromatic N) is 1. The molecule has 0 amide bonds. The third-order valence-corrected chi connectivity index (χ3v) is 3.72. The SMILES string of the molecule is COCC1CCCN(c2ccc([C@@H](C)O)cc2F)C1. The van der Waals surface area contributed by atoms with Crippen molar-refractivity contribution in [1.29, 1.82) is 0 Å². The first-order valence-corrected chi connectivity index (χ1v) is 6.83. The zero-order chi connectivity index (χ0) is 13.8. The zero-order valence-corrected chi connectivity index (χ0v) is 11.6. The lowest BCUT2D eigenvalue weighted by molar-refractivity contribution is 0.143. The van der Waals surface area contributed by atoms with E-state index in [2.05, 4.69) is 4.90 Å². The Labute approximate surface area is 114 Å². The average molecular weight is 267 g/mol. The van der Waals surface area contributed by atoms with E-state index >= 15 is 0 Å². The molecule has 19 heavy (non-hydrogen) atoms. The lowest BCUT2D eigenvalue weighted by atomic mass is 9.98. The molecule has 1 aromatic rings. The van der Waals surface area contributed by atoms with Crippen molar-refractivity contribution in [2.75, 3.05) is 31.7 Å². The van der Waals surface area contributed by atoms with Crippen LogP contribution in [-0.4, -0.2) is 31.9 Å². The number of aliphatic hydroxyl groups is 1. The first-order chi connectivity index (χ1) is 9.11. The van der Waals surface area contributed by atoms with Gasteiger partial charge in [-0.05, 0) is 43.4 Å². The number of hydrogen-bond donors (Lipinski definition) is 1. The van der Waals surface area contributed by atoms with Gasteiger partial charge in [-0.1, -0.05) is 6.07 Å². The number of methoxy groups -OCH3 is 1. The Morgan fingerprint density at radius 2 is 2.32 bits per heavy atom. The normalized spacial score (nSPS) is 21.5. The third kappa shape index (κ3) is 3.45. The molecule has 0 saturated carbocycles. The largest absolute Gasteiger partial charge is 0.389 e. The summed E-state index contributed by atoms with van der Waals surface area (Å²) in [6.45, 7) is 4.08. The van der Waals surface area contributed by atoms with Crippen molar-refractivity contribution in [2.24, 2.45) is 5.92 Å². The van der Waals surface area contributed by atoms with Crippen LogP contribution in [0.15, 0.2) is 18.2 Å². The Morgan fingerprint density at radius 1 is 1.53 bits per heavy atom. The number of rotatable bonds is 4. The van der Waals surface area contributed by atoms with E-state index in [0.29, 0.717) is 17.2 Å². The molecule has 0 aliphatic carbocycles. The van der Waals surface area contributed by atoms with Crippen molar-refractivity contribution in [1.82, 2.24) is 0 Å². The Kier molecular flexibility index (Phi) is 4.77. The first-order valence-electron chi connectivity index (χ1n) is 6.83. The molecular weight excluding hydrogens is 245 g/mol. The van der Waals surface area contributed by atoms with Crippen molar-refractivity contribution in [2.45, 2.75) is 25.9 Å². The lowest BCUT2D eigenvalue weighted by Crippen LogP contribution is -2.37. The summed E-state index contributed by atoms with van der Waals surface area (Å²) >= 11 is 0. The van der Waals surface area contributed by atoms with Gasteiger partial charge in [-0.3, -0.25) is 0 Å². The number of anilines is 1. The topological polar surface area (TPSA) is 32.7 Å². The van der Waals surface area contributed by atoms with Crippen molar-refractivity contribution >= 4 is 5.69 Å². The van der Waals surface area contributed by atoms with E-state index < -0.39 is 6.10 Å². The molecule has 1 aliphatic rings. The van der Waals surface area contributed by atoms with Crippen LogP contribution in [0.25, 0.3) is 0 Å². The van der Waals surface area contributed by atoms with E-state index in [0.717, 1.165) is 32.5 Å². The van der Waals surface area contributed by atoms with Gasteiger partial charge in [0.25, 0.3) is 0 Å². The van der Waals surface area contributed by atoms with E-state index in [4.69, 9.17) is 4.74 Å². The second-order valence-corrected chi connectivity index (χ2v) is 5.30. The summed E-state index contributed by atoms with van der Waals surface area (Å²) in [5.41, 5.74) is 1.25. The summed E-state index contributed by atoms with van der Waals surface area (Å²) in [6, 6.07) is 5.00. The molecule has 0 radical (unpaired) electrons. The highest BCUT2D eigenvalue weighted by Crippen LogP contribution is 2.27. The predicted molar refractivity (Wildman–Crippen MR) is 73.8 cm³/mol. The minimum Gasteiger partial charge on any atom is -0.389 e. The fourth-order valence-electron chi connectivity index (χ4n) is 2.70. The van der Waals surface area contributed by atoms with Crippen molar-refractivity contribution < 1.29 is 14.2 Å². The van der Waals surface area contributed by atoms with E-state index in [-0.39, 0.29) is 5.82 Å². The number of hydrogen-bond acceptors (Lipinski definition) is 3. The summed E-state index contributed by atoms with van der Waals surface area (Å²) in [5, 5.41) is 9.46. The zero-order valence-electron chi connectivity index (χ0n) is 11.6. The van der Waals surface area contributed by atoms with Crippen LogP contribution in [0.2, 0.25) is 0 Å². The van der Waals surface area contributed by atoms with Gasteiger partial charge in [-0.15, -0.1) is 0 Å². The standard InChI is InChI=1S/C15H22FNO2/c1-11(18)13-5-6-15(14(16)8-13)17-7-3-4-12(9-17)10-19-2/h5-6,8,11-12,18H,3-4,7,9-10H2,1-2H3/t11-,12?/m1/s1. The Balaban J connectivity index is 2.12. The van der Waals surface area contributed by atoms with Crippen LogP contribution in [0, 0.1) is 11.7 Å². The molecule has 0 spiro atoms. The Bertz CT molecular complexity index is 421. The van der Waals surface area contributed by atoms with E-state index in [9.17, 15) is 9.50 Å². The number of halogens is 1. The van der Waals surface area contributed by atoms with Crippen LogP contribution in [-0.2, 0) is 4.74 Å². The lowest BCUT2D eigenvalue weighted by Gasteiger charge is -2.34. The monoisotopic (exact) mass is 267 g/mol. The van der Waals surface area contributed by atoms with Crippen LogP contribution < -0.4 is 4.90 Å². The maximum Gasteiger partial charge on any atom is 0.146 e. The molecule has 2 rings (SSSR count). The molecule has 1 fully saturated rings. The summed E-state index contributed by atoms with van der Waals surface area (Å²) in [4.78, 5) is 2.08. The van der Waals surface area contributed by atoms with Gasteiger partial charge >= 0.3 is 0 Å². The summed E-state index contributed by atoms with van der Waals surface area (Å²) in [6.07, 6.45) is 1.56. The maximum absolute atomic E-state index is 14.1. The molecule has 1 heterocycles. The molecule has 1 unspecified atom stereocenters. The minimum absolute atomic E-state index is 0.253. The van der Waals surface area contributed by atoms with Crippen molar-refractivity contribution in [3.8, 4) is 0 Å². The molecule has 1 aromatic carbocycles. The van der Waals surface area contributed by atoms with Gasteiger partial charge in [0.15, 0.2) is 0 Å². The minimum atomic E-state index is -0.633. The van der Waals surface area contributed by atoms with Gasteiger partial charge in [0.1, 0.15) is 5.82 Å². The molecule has 2 atom stereocenters. The fourth-order valence-corrected chi connectivity index (χ4v) is 2.70. The number of ether oxygens (including phenoxy) is 1. The Hall–Kier alpha value is -1.13. The molecule has 106 valence electrons. The van der Waals surface area contributed by atoms with Gasteiger partial charge in [0, 0.05) is 20.2 Å². The third-order valence-electron chi connectivity index (χ3n) is 3.72. The van der Waals surface area contributed by atoms with Crippen molar-refractivity contribution in [3.05, 3.63) is 29.6 Å². The highest BCUT2D eigenvalue weighted by Gasteiger charge is 2.22. The molecular formula is C15H22FNO2.